The van der Waals surface area contributed by atoms with Crippen LogP contribution in [0.15, 0.2) is 22.9 Å². The molecule has 4 heteroatoms. The van der Waals surface area contributed by atoms with Gasteiger partial charge in [-0.3, -0.25) is 0 Å². The maximum Gasteiger partial charge on any atom is 0.151 e. The number of anilines is 1. The van der Waals surface area contributed by atoms with E-state index in [4.69, 9.17) is 5.73 Å². The van der Waals surface area contributed by atoms with Crippen molar-refractivity contribution in [3.63, 3.8) is 0 Å². The molecule has 0 unspecified atom stereocenters. The maximum absolute atomic E-state index is 5.73. The van der Waals surface area contributed by atoms with Gasteiger partial charge in [0, 0.05) is 18.1 Å². The number of imidazole rings is 1. The van der Waals surface area contributed by atoms with E-state index >= 15 is 0 Å². The summed E-state index contributed by atoms with van der Waals surface area (Å²) in [5.41, 5.74) is 8.46. The standard InChI is InChI=1S/C10H12BrN3/c1-6(2)9-5-14-4-7(12)3-8(11)10(14)13-9/h3-6H,12H2,1-2H3. The highest BCUT2D eigenvalue weighted by Crippen LogP contribution is 2.23. The van der Waals surface area contributed by atoms with Crippen molar-refractivity contribution in [1.82, 2.24) is 9.38 Å². The van der Waals surface area contributed by atoms with E-state index in [1.54, 1.807) is 0 Å². The quantitative estimate of drug-likeness (QED) is 0.850. The van der Waals surface area contributed by atoms with Gasteiger partial charge < -0.3 is 10.1 Å². The third-order valence-corrected chi connectivity index (χ3v) is 2.72. The number of halogens is 1. The second kappa shape index (κ2) is 3.28. The maximum atomic E-state index is 5.73. The van der Waals surface area contributed by atoms with Crippen molar-refractivity contribution in [3.05, 3.63) is 28.6 Å². The van der Waals surface area contributed by atoms with Crippen molar-refractivity contribution < 1.29 is 0 Å². The predicted octanol–water partition coefficient (Wildman–Crippen LogP) is 2.80. The Kier molecular flexibility index (Phi) is 2.23. The molecule has 0 aliphatic carbocycles. The van der Waals surface area contributed by atoms with Gasteiger partial charge in [-0.25, -0.2) is 4.98 Å². The van der Waals surface area contributed by atoms with Crippen LogP contribution >= 0.6 is 15.9 Å². The minimum atomic E-state index is 0.433. The normalized spacial score (nSPS) is 11.4. The molecule has 0 atom stereocenters. The van der Waals surface area contributed by atoms with E-state index in [2.05, 4.69) is 34.8 Å². The number of nitrogens with zero attached hydrogens (tertiary/aromatic N) is 2. The summed E-state index contributed by atoms with van der Waals surface area (Å²) in [7, 11) is 0. The van der Waals surface area contributed by atoms with Crippen LogP contribution in [0.4, 0.5) is 5.69 Å². The Morgan fingerprint density at radius 2 is 2.14 bits per heavy atom. The van der Waals surface area contributed by atoms with E-state index in [0.29, 0.717) is 5.92 Å². The van der Waals surface area contributed by atoms with Gasteiger partial charge in [0.25, 0.3) is 0 Å². The zero-order valence-electron chi connectivity index (χ0n) is 8.16. The van der Waals surface area contributed by atoms with Crippen LogP contribution in [0.2, 0.25) is 0 Å². The Balaban J connectivity index is 2.70. The van der Waals surface area contributed by atoms with Gasteiger partial charge in [-0.15, -0.1) is 0 Å². The zero-order chi connectivity index (χ0) is 10.3. The van der Waals surface area contributed by atoms with Crippen LogP contribution in [0.5, 0.6) is 0 Å². The van der Waals surface area contributed by atoms with Crippen LogP contribution in [-0.2, 0) is 0 Å². The second-order valence-electron chi connectivity index (χ2n) is 3.67. The Morgan fingerprint density at radius 1 is 1.43 bits per heavy atom. The molecule has 74 valence electrons. The summed E-state index contributed by atoms with van der Waals surface area (Å²) >= 11 is 3.45. The number of rotatable bonds is 1. The van der Waals surface area contributed by atoms with Gasteiger partial charge >= 0.3 is 0 Å². The van der Waals surface area contributed by atoms with E-state index in [0.717, 1.165) is 21.5 Å². The number of hydrogen-bond acceptors (Lipinski definition) is 2. The van der Waals surface area contributed by atoms with E-state index in [-0.39, 0.29) is 0 Å². The molecule has 0 saturated carbocycles. The molecule has 0 amide bonds. The highest BCUT2D eigenvalue weighted by atomic mass is 79.9. The van der Waals surface area contributed by atoms with Crippen molar-refractivity contribution in [1.29, 1.82) is 0 Å². The van der Waals surface area contributed by atoms with Gasteiger partial charge in [0.1, 0.15) is 0 Å². The summed E-state index contributed by atoms with van der Waals surface area (Å²) in [6, 6.07) is 1.87. The first-order valence-electron chi connectivity index (χ1n) is 4.51. The topological polar surface area (TPSA) is 43.3 Å². The fourth-order valence-corrected chi connectivity index (χ4v) is 1.93. The summed E-state index contributed by atoms with van der Waals surface area (Å²) in [5, 5.41) is 0. The number of fused-ring (bicyclic) bond motifs is 1. The molecule has 0 spiro atoms. The molecule has 14 heavy (non-hydrogen) atoms. The summed E-state index contributed by atoms with van der Waals surface area (Å²) in [5.74, 6) is 0.433. The molecule has 2 heterocycles. The Hall–Kier alpha value is -1.03. The van der Waals surface area contributed by atoms with E-state index in [1.165, 1.54) is 0 Å². The summed E-state index contributed by atoms with van der Waals surface area (Å²) in [4.78, 5) is 4.51. The minimum Gasteiger partial charge on any atom is -0.397 e. The monoisotopic (exact) mass is 253 g/mol. The lowest BCUT2D eigenvalue weighted by Gasteiger charge is -1.97. The van der Waals surface area contributed by atoms with Gasteiger partial charge in [-0.2, -0.15) is 0 Å². The molecule has 0 aliphatic heterocycles. The van der Waals surface area contributed by atoms with Gasteiger partial charge in [0.2, 0.25) is 0 Å². The van der Waals surface area contributed by atoms with Crippen molar-refractivity contribution in [2.45, 2.75) is 19.8 Å². The van der Waals surface area contributed by atoms with Crippen molar-refractivity contribution in [2.24, 2.45) is 0 Å². The van der Waals surface area contributed by atoms with Gasteiger partial charge in [0.15, 0.2) is 5.65 Å². The van der Waals surface area contributed by atoms with E-state index in [9.17, 15) is 0 Å². The predicted molar refractivity (Wildman–Crippen MR) is 61.4 cm³/mol. The third kappa shape index (κ3) is 1.50. The molecule has 2 aromatic heterocycles. The first-order chi connectivity index (χ1) is 6.58. The average molecular weight is 254 g/mol. The van der Waals surface area contributed by atoms with E-state index in [1.807, 2.05) is 22.9 Å². The number of hydrogen-bond donors (Lipinski definition) is 1. The van der Waals surface area contributed by atoms with Crippen LogP contribution in [-0.4, -0.2) is 9.38 Å². The molecule has 0 bridgehead atoms. The van der Waals surface area contributed by atoms with Crippen LogP contribution in [0.1, 0.15) is 25.5 Å². The summed E-state index contributed by atoms with van der Waals surface area (Å²) in [6.07, 6.45) is 3.89. The van der Waals surface area contributed by atoms with E-state index < -0.39 is 0 Å². The van der Waals surface area contributed by atoms with Crippen molar-refractivity contribution in [3.8, 4) is 0 Å². The SMILES string of the molecule is CC(C)c1cn2cc(N)cc(Br)c2n1. The number of aromatic nitrogens is 2. The lowest BCUT2D eigenvalue weighted by molar-refractivity contribution is 0.834. The number of nitrogen functional groups attached to an aromatic ring is 1. The molecule has 0 aromatic carbocycles. The molecule has 3 nitrogen and oxygen atoms in total. The average Bonchev–Trinajstić information content (AvgIpc) is 2.47. The first-order valence-corrected chi connectivity index (χ1v) is 5.31. The molecule has 0 saturated heterocycles. The number of nitrogens with two attached hydrogens (primary N) is 1. The summed E-state index contributed by atoms with van der Waals surface area (Å²) < 4.78 is 2.89. The fraction of sp³-hybridized carbons (Fsp3) is 0.300. The molecule has 0 radical (unpaired) electrons. The zero-order valence-corrected chi connectivity index (χ0v) is 9.75. The Labute approximate surface area is 91.1 Å². The van der Waals surface area contributed by atoms with Gasteiger partial charge in [0.05, 0.1) is 10.2 Å². The summed E-state index contributed by atoms with van der Waals surface area (Å²) in [6.45, 7) is 4.25. The number of pyridine rings is 1. The van der Waals surface area contributed by atoms with Gasteiger partial charge in [-0.05, 0) is 27.9 Å². The van der Waals surface area contributed by atoms with Crippen LogP contribution in [0.25, 0.3) is 5.65 Å². The molecular weight excluding hydrogens is 242 g/mol. The first kappa shape index (κ1) is 9.52. The molecule has 0 fully saturated rings. The molecule has 2 aromatic rings. The lowest BCUT2D eigenvalue weighted by atomic mass is 10.2. The van der Waals surface area contributed by atoms with Crippen molar-refractivity contribution >= 4 is 27.3 Å². The highest BCUT2D eigenvalue weighted by Gasteiger charge is 2.08. The third-order valence-electron chi connectivity index (χ3n) is 2.14. The van der Waals surface area contributed by atoms with Gasteiger partial charge in [-0.1, -0.05) is 13.8 Å². The molecular formula is C10H12BrN3. The molecule has 2 N–H and O–H groups in total. The fourth-order valence-electron chi connectivity index (χ4n) is 1.37. The minimum absolute atomic E-state index is 0.433. The van der Waals surface area contributed by atoms with Crippen LogP contribution in [0, 0.1) is 0 Å². The second-order valence-corrected chi connectivity index (χ2v) is 4.53. The van der Waals surface area contributed by atoms with Crippen LogP contribution < -0.4 is 5.73 Å². The molecule has 0 aliphatic rings. The highest BCUT2D eigenvalue weighted by molar-refractivity contribution is 9.10. The van der Waals surface area contributed by atoms with Crippen molar-refractivity contribution in [2.75, 3.05) is 5.73 Å². The smallest absolute Gasteiger partial charge is 0.151 e. The Bertz CT molecular complexity index is 473. The Morgan fingerprint density at radius 3 is 2.79 bits per heavy atom. The largest absolute Gasteiger partial charge is 0.397 e. The molecule has 2 rings (SSSR count). The lowest BCUT2D eigenvalue weighted by Crippen LogP contribution is -1.90. The van der Waals surface area contributed by atoms with Crippen LogP contribution in [0.3, 0.4) is 0 Å².